The van der Waals surface area contributed by atoms with Gasteiger partial charge in [0.1, 0.15) is 12.4 Å². The van der Waals surface area contributed by atoms with Gasteiger partial charge < -0.3 is 15.8 Å². The van der Waals surface area contributed by atoms with E-state index >= 15 is 0 Å². The fraction of sp³-hybridized carbons (Fsp3) is 0.538. The summed E-state index contributed by atoms with van der Waals surface area (Å²) < 4.78 is 43.4. The molecule has 0 saturated carbocycles. The fourth-order valence-electron chi connectivity index (χ4n) is 2.19. The van der Waals surface area contributed by atoms with Gasteiger partial charge in [-0.15, -0.1) is 0 Å². The molecule has 2 rings (SSSR count). The van der Waals surface area contributed by atoms with Crippen LogP contribution in [-0.4, -0.2) is 18.7 Å². The largest absolute Gasteiger partial charge is 0.492 e. The van der Waals surface area contributed by atoms with E-state index in [-0.39, 0.29) is 17.0 Å². The molecule has 6 heteroatoms. The minimum atomic E-state index is -4.41. The Morgan fingerprint density at radius 3 is 2.68 bits per heavy atom. The van der Waals surface area contributed by atoms with Gasteiger partial charge >= 0.3 is 6.18 Å². The van der Waals surface area contributed by atoms with E-state index in [1.165, 1.54) is 6.07 Å². The molecule has 1 atom stereocenters. The summed E-state index contributed by atoms with van der Waals surface area (Å²) in [6, 6.07) is 3.30. The van der Waals surface area contributed by atoms with Gasteiger partial charge in [-0.2, -0.15) is 13.2 Å². The first-order chi connectivity index (χ1) is 8.78. The quantitative estimate of drug-likeness (QED) is 0.833. The molecule has 1 aliphatic heterocycles. The highest BCUT2D eigenvalue weighted by atomic mass is 19.4. The standard InChI is InChI=1S/C13H17F3N2O/c1-12(3-2-4-18-12)8-19-11-6-9(13(14,15)16)5-10(17)7-11/h5-7,18H,2-4,8,17H2,1H3/t12-/m0/s1. The van der Waals surface area contributed by atoms with Gasteiger partial charge in [0, 0.05) is 17.3 Å². The highest BCUT2D eigenvalue weighted by molar-refractivity contribution is 5.48. The molecule has 1 aromatic rings. The zero-order valence-corrected chi connectivity index (χ0v) is 10.7. The maximum atomic E-state index is 12.6. The number of nitrogen functional groups attached to an aromatic ring is 1. The first-order valence-corrected chi connectivity index (χ1v) is 6.14. The number of rotatable bonds is 3. The van der Waals surface area contributed by atoms with Crippen LogP contribution in [0.3, 0.4) is 0 Å². The van der Waals surface area contributed by atoms with Gasteiger partial charge in [-0.3, -0.25) is 0 Å². The van der Waals surface area contributed by atoms with Crippen LogP contribution in [0.25, 0.3) is 0 Å². The van der Waals surface area contributed by atoms with Gasteiger partial charge in [-0.25, -0.2) is 0 Å². The van der Waals surface area contributed by atoms with E-state index in [0.29, 0.717) is 6.61 Å². The average molecular weight is 274 g/mol. The molecular formula is C13H17F3N2O. The van der Waals surface area contributed by atoms with Crippen molar-refractivity contribution in [2.75, 3.05) is 18.9 Å². The summed E-state index contributed by atoms with van der Waals surface area (Å²) in [5.41, 5.74) is 4.56. The lowest BCUT2D eigenvalue weighted by Crippen LogP contribution is -2.42. The maximum absolute atomic E-state index is 12.6. The van der Waals surface area contributed by atoms with E-state index < -0.39 is 11.7 Å². The third-order valence-electron chi connectivity index (χ3n) is 3.27. The number of halogens is 3. The van der Waals surface area contributed by atoms with Crippen LogP contribution < -0.4 is 15.8 Å². The van der Waals surface area contributed by atoms with Crippen LogP contribution in [0.4, 0.5) is 18.9 Å². The van der Waals surface area contributed by atoms with E-state index in [4.69, 9.17) is 10.5 Å². The lowest BCUT2D eigenvalue weighted by Gasteiger charge is -2.24. The minimum absolute atomic E-state index is 0.0503. The summed E-state index contributed by atoms with van der Waals surface area (Å²) in [4.78, 5) is 0. The topological polar surface area (TPSA) is 47.3 Å². The van der Waals surface area contributed by atoms with Gasteiger partial charge in [0.05, 0.1) is 5.56 Å². The molecule has 0 amide bonds. The molecule has 0 aliphatic carbocycles. The van der Waals surface area contributed by atoms with Crippen LogP contribution >= 0.6 is 0 Å². The number of benzene rings is 1. The van der Waals surface area contributed by atoms with Gasteiger partial charge in [0.2, 0.25) is 0 Å². The lowest BCUT2D eigenvalue weighted by molar-refractivity contribution is -0.137. The molecule has 3 nitrogen and oxygen atoms in total. The molecule has 1 fully saturated rings. The summed E-state index contributed by atoms with van der Waals surface area (Å²) in [5, 5.41) is 3.28. The Kier molecular flexibility index (Phi) is 3.62. The lowest BCUT2D eigenvalue weighted by atomic mass is 10.0. The predicted molar refractivity (Wildman–Crippen MR) is 67.0 cm³/mol. The van der Waals surface area contributed by atoms with Crippen LogP contribution in [0.1, 0.15) is 25.3 Å². The highest BCUT2D eigenvalue weighted by Gasteiger charge is 2.32. The fourth-order valence-corrected chi connectivity index (χ4v) is 2.19. The van der Waals surface area contributed by atoms with Crippen molar-refractivity contribution in [1.29, 1.82) is 0 Å². The second-order valence-corrected chi connectivity index (χ2v) is 5.17. The Balaban J connectivity index is 2.10. The van der Waals surface area contributed by atoms with Crippen molar-refractivity contribution in [2.24, 2.45) is 0 Å². The second-order valence-electron chi connectivity index (χ2n) is 5.17. The molecule has 1 aliphatic rings. The van der Waals surface area contributed by atoms with Crippen molar-refractivity contribution in [3.05, 3.63) is 23.8 Å². The SMILES string of the molecule is C[C@@]1(COc2cc(N)cc(C(F)(F)F)c2)CCCN1. The van der Waals surface area contributed by atoms with Crippen LogP contribution in [0.5, 0.6) is 5.75 Å². The van der Waals surface area contributed by atoms with Crippen molar-refractivity contribution < 1.29 is 17.9 Å². The zero-order chi connectivity index (χ0) is 14.1. The van der Waals surface area contributed by atoms with Crippen molar-refractivity contribution >= 4 is 5.69 Å². The van der Waals surface area contributed by atoms with Crippen molar-refractivity contribution in [1.82, 2.24) is 5.32 Å². The Bertz CT molecular complexity index is 454. The Hall–Kier alpha value is -1.43. The second kappa shape index (κ2) is 4.92. The molecule has 1 aromatic carbocycles. The number of nitrogens with two attached hydrogens (primary N) is 1. The third-order valence-corrected chi connectivity index (χ3v) is 3.27. The van der Waals surface area contributed by atoms with Crippen molar-refractivity contribution in [2.45, 2.75) is 31.5 Å². The van der Waals surface area contributed by atoms with Gasteiger partial charge in [-0.1, -0.05) is 0 Å². The highest BCUT2D eigenvalue weighted by Crippen LogP contribution is 2.33. The number of alkyl halides is 3. The summed E-state index contributed by atoms with van der Waals surface area (Å²) in [6.07, 6.45) is -2.42. The minimum Gasteiger partial charge on any atom is -0.492 e. The van der Waals surface area contributed by atoms with Crippen LogP contribution in [0, 0.1) is 0 Å². The molecule has 1 saturated heterocycles. The zero-order valence-electron chi connectivity index (χ0n) is 10.7. The Morgan fingerprint density at radius 2 is 2.11 bits per heavy atom. The van der Waals surface area contributed by atoms with E-state index in [9.17, 15) is 13.2 Å². The molecule has 106 valence electrons. The summed E-state index contributed by atoms with van der Waals surface area (Å²) in [5.74, 6) is 0.155. The van der Waals surface area contributed by atoms with Gasteiger partial charge in [-0.05, 0) is 38.4 Å². The molecular weight excluding hydrogens is 257 g/mol. The van der Waals surface area contributed by atoms with E-state index in [1.54, 1.807) is 0 Å². The van der Waals surface area contributed by atoms with Crippen molar-refractivity contribution in [3.8, 4) is 5.75 Å². The predicted octanol–water partition coefficient (Wildman–Crippen LogP) is 2.81. The molecule has 1 heterocycles. The summed E-state index contributed by atoms with van der Waals surface area (Å²) in [6.45, 7) is 3.23. The normalized spacial score (nSPS) is 23.6. The molecule has 0 spiro atoms. The van der Waals surface area contributed by atoms with Crippen LogP contribution in [0.15, 0.2) is 18.2 Å². The number of nitrogens with one attached hydrogen (secondary N) is 1. The number of hydrogen-bond acceptors (Lipinski definition) is 3. The Labute approximate surface area is 109 Å². The maximum Gasteiger partial charge on any atom is 0.416 e. The molecule has 0 radical (unpaired) electrons. The van der Waals surface area contributed by atoms with E-state index in [2.05, 4.69) is 5.32 Å². The van der Waals surface area contributed by atoms with E-state index in [0.717, 1.165) is 31.5 Å². The van der Waals surface area contributed by atoms with Crippen LogP contribution in [-0.2, 0) is 6.18 Å². The smallest absolute Gasteiger partial charge is 0.416 e. The van der Waals surface area contributed by atoms with Crippen LogP contribution in [0.2, 0.25) is 0 Å². The molecule has 0 bridgehead atoms. The molecule has 0 unspecified atom stereocenters. The van der Waals surface area contributed by atoms with Crippen molar-refractivity contribution in [3.63, 3.8) is 0 Å². The average Bonchev–Trinajstić information content (AvgIpc) is 2.72. The Morgan fingerprint density at radius 1 is 1.37 bits per heavy atom. The molecule has 3 N–H and O–H groups in total. The van der Waals surface area contributed by atoms with E-state index in [1.807, 2.05) is 6.92 Å². The number of ether oxygens (including phenoxy) is 1. The summed E-state index contributed by atoms with van der Waals surface area (Å²) >= 11 is 0. The van der Waals surface area contributed by atoms with Gasteiger partial charge in [0.15, 0.2) is 0 Å². The first-order valence-electron chi connectivity index (χ1n) is 6.14. The number of anilines is 1. The third kappa shape index (κ3) is 3.53. The van der Waals surface area contributed by atoms with Gasteiger partial charge in [0.25, 0.3) is 0 Å². The first kappa shape index (κ1) is 14.0. The number of hydrogen-bond donors (Lipinski definition) is 2. The molecule has 0 aromatic heterocycles. The molecule has 19 heavy (non-hydrogen) atoms. The monoisotopic (exact) mass is 274 g/mol. The summed E-state index contributed by atoms with van der Waals surface area (Å²) in [7, 11) is 0.